The van der Waals surface area contributed by atoms with Crippen LogP contribution < -0.4 is 11.1 Å². The molecule has 5 atom stereocenters. The highest BCUT2D eigenvalue weighted by molar-refractivity contribution is 5.84. The zero-order valence-corrected chi connectivity index (χ0v) is 18.7. The number of alkyl halides is 1. The van der Waals surface area contributed by atoms with Crippen LogP contribution in [0.5, 0.6) is 0 Å². The van der Waals surface area contributed by atoms with Crippen LogP contribution in [0.2, 0.25) is 0 Å². The zero-order valence-electron chi connectivity index (χ0n) is 18.7. The largest absolute Gasteiger partial charge is 0.481 e. The highest BCUT2D eigenvalue weighted by Crippen LogP contribution is 2.51. The Morgan fingerprint density at radius 1 is 1.44 bits per heavy atom. The van der Waals surface area contributed by atoms with Crippen molar-refractivity contribution in [2.24, 2.45) is 17.8 Å². The van der Waals surface area contributed by atoms with Crippen LogP contribution >= 0.6 is 0 Å². The Bertz CT molecular complexity index is 1010. The minimum atomic E-state index is -2.16. The summed E-state index contributed by atoms with van der Waals surface area (Å²) in [5.41, 5.74) is 4.23. The second-order valence-corrected chi connectivity index (χ2v) is 8.35. The van der Waals surface area contributed by atoms with E-state index in [2.05, 4.69) is 20.3 Å². The summed E-state index contributed by atoms with van der Waals surface area (Å²) in [6.07, 6.45) is -0.781. The maximum absolute atomic E-state index is 16.5. The first-order chi connectivity index (χ1) is 15.0. The first-order valence-electron chi connectivity index (χ1n) is 10.4. The van der Waals surface area contributed by atoms with Gasteiger partial charge in [0.25, 0.3) is 0 Å². The smallest absolute Gasteiger partial charge is 0.307 e. The quantitative estimate of drug-likeness (QED) is 0.507. The molecule has 0 aliphatic carbocycles. The predicted octanol–water partition coefficient (Wildman–Crippen LogP) is 2.00. The fraction of sp³-hybridized carbons (Fsp3) is 0.650. The third kappa shape index (κ3) is 4.06. The lowest BCUT2D eigenvalue weighted by molar-refractivity contribution is -0.152. The molecule has 0 aromatic carbocycles. The van der Waals surface area contributed by atoms with Crippen molar-refractivity contribution in [3.8, 4) is 0 Å². The zero-order chi connectivity index (χ0) is 23.8. The molecule has 1 aliphatic heterocycles. The third-order valence-corrected chi connectivity index (χ3v) is 5.85. The topological polar surface area (TPSA) is 154 Å². The van der Waals surface area contributed by atoms with E-state index in [1.54, 1.807) is 27.8 Å². The van der Waals surface area contributed by atoms with Crippen LogP contribution in [0.25, 0.3) is 11.2 Å². The van der Waals surface area contributed by atoms with E-state index in [0.29, 0.717) is 11.3 Å². The Labute approximate surface area is 184 Å². The molecule has 1 aliphatic rings. The van der Waals surface area contributed by atoms with Gasteiger partial charge >= 0.3 is 11.9 Å². The summed E-state index contributed by atoms with van der Waals surface area (Å²) in [7, 11) is 1.64. The van der Waals surface area contributed by atoms with Gasteiger partial charge < -0.3 is 25.6 Å². The number of carbonyl (C=O) groups is 2. The number of anilines is 2. The molecule has 3 heterocycles. The van der Waals surface area contributed by atoms with E-state index in [1.165, 1.54) is 17.8 Å². The van der Waals surface area contributed by atoms with Crippen LogP contribution in [0.3, 0.4) is 0 Å². The minimum absolute atomic E-state index is 0.0438. The molecular formula is C20H29FN6O5. The summed E-state index contributed by atoms with van der Waals surface area (Å²) in [6, 6.07) is 0. The van der Waals surface area contributed by atoms with Crippen molar-refractivity contribution in [1.82, 2.24) is 19.5 Å². The summed E-state index contributed by atoms with van der Waals surface area (Å²) in [5.74, 6) is -3.90. The van der Waals surface area contributed by atoms with Gasteiger partial charge in [-0.3, -0.25) is 14.2 Å². The number of carbonyl (C=O) groups excluding carboxylic acids is 1. The number of aliphatic carboxylic acids is 1. The predicted molar refractivity (Wildman–Crippen MR) is 113 cm³/mol. The number of nitrogens with one attached hydrogen (secondary N) is 1. The van der Waals surface area contributed by atoms with Gasteiger partial charge in [-0.05, 0) is 12.8 Å². The molecule has 3 rings (SSSR count). The fourth-order valence-corrected chi connectivity index (χ4v) is 4.38. The molecule has 2 unspecified atom stereocenters. The monoisotopic (exact) mass is 452 g/mol. The van der Waals surface area contributed by atoms with Gasteiger partial charge in [-0.2, -0.15) is 9.97 Å². The summed E-state index contributed by atoms with van der Waals surface area (Å²) < 4.78 is 29.1. The summed E-state index contributed by atoms with van der Waals surface area (Å²) in [5, 5.41) is 12.7. The first-order valence-corrected chi connectivity index (χ1v) is 10.4. The number of nitrogens with zero attached hydrogens (tertiary/aromatic N) is 4. The van der Waals surface area contributed by atoms with Gasteiger partial charge in [0.2, 0.25) is 5.95 Å². The van der Waals surface area contributed by atoms with Crippen LogP contribution in [0, 0.1) is 17.8 Å². The molecule has 32 heavy (non-hydrogen) atoms. The van der Waals surface area contributed by atoms with Crippen molar-refractivity contribution in [2.45, 2.75) is 52.1 Å². The third-order valence-electron chi connectivity index (χ3n) is 5.85. The number of aromatic nitrogens is 4. The van der Waals surface area contributed by atoms with Gasteiger partial charge in [0.1, 0.15) is 12.7 Å². The Balaban J connectivity index is 2.09. The van der Waals surface area contributed by atoms with Gasteiger partial charge in [0.05, 0.1) is 12.2 Å². The Kier molecular flexibility index (Phi) is 6.54. The van der Waals surface area contributed by atoms with E-state index >= 15 is 4.39 Å². The minimum Gasteiger partial charge on any atom is -0.481 e. The van der Waals surface area contributed by atoms with E-state index in [1.807, 2.05) is 0 Å². The average molecular weight is 452 g/mol. The number of fused-ring (bicyclic) bond motifs is 1. The molecular weight excluding hydrogens is 423 g/mol. The molecule has 2 aromatic rings. The van der Waals surface area contributed by atoms with E-state index in [-0.39, 0.29) is 24.6 Å². The van der Waals surface area contributed by atoms with Crippen LogP contribution in [-0.2, 0) is 19.1 Å². The number of hydrogen-bond donors (Lipinski definition) is 3. The molecule has 0 saturated carbocycles. The van der Waals surface area contributed by atoms with Crippen LogP contribution in [-0.4, -0.2) is 62.0 Å². The SMILES string of the molecule is CCC(=O)OCC1O[C@@H](n2cnc3c(NC)nc(N)nc32)[C@](C)(F)[C@@H]1C(C(=O)O)C(C)C. The molecule has 11 nitrogen and oxygen atoms in total. The molecule has 1 fully saturated rings. The van der Waals surface area contributed by atoms with Gasteiger partial charge in [-0.1, -0.05) is 20.8 Å². The molecule has 4 N–H and O–H groups in total. The highest BCUT2D eigenvalue weighted by atomic mass is 19.1. The normalized spacial score (nSPS) is 26.4. The summed E-state index contributed by atoms with van der Waals surface area (Å²) in [6.45, 7) is 6.06. The summed E-state index contributed by atoms with van der Waals surface area (Å²) in [4.78, 5) is 36.3. The maximum Gasteiger partial charge on any atom is 0.307 e. The Morgan fingerprint density at radius 2 is 2.12 bits per heavy atom. The van der Waals surface area contributed by atoms with Gasteiger partial charge in [-0.15, -0.1) is 0 Å². The molecule has 176 valence electrons. The molecule has 0 spiro atoms. The van der Waals surface area contributed by atoms with Gasteiger partial charge in [0.15, 0.2) is 28.9 Å². The van der Waals surface area contributed by atoms with Crippen molar-refractivity contribution in [1.29, 1.82) is 0 Å². The van der Waals surface area contributed by atoms with Crippen LogP contribution in [0.4, 0.5) is 16.2 Å². The number of carboxylic acid groups (broad SMARTS) is 1. The van der Waals surface area contributed by atoms with E-state index in [0.717, 1.165) is 0 Å². The molecule has 0 bridgehead atoms. The van der Waals surface area contributed by atoms with Crippen molar-refractivity contribution in [2.75, 3.05) is 24.7 Å². The van der Waals surface area contributed by atoms with Crippen LogP contribution in [0.1, 0.15) is 40.3 Å². The molecule has 0 radical (unpaired) electrons. The van der Waals surface area contributed by atoms with Crippen molar-refractivity contribution in [3.05, 3.63) is 6.33 Å². The van der Waals surface area contributed by atoms with Crippen molar-refractivity contribution < 1.29 is 28.6 Å². The highest BCUT2D eigenvalue weighted by Gasteiger charge is 2.60. The van der Waals surface area contributed by atoms with E-state index in [9.17, 15) is 14.7 Å². The van der Waals surface area contributed by atoms with Crippen LogP contribution in [0.15, 0.2) is 6.33 Å². The van der Waals surface area contributed by atoms with E-state index < -0.39 is 47.7 Å². The summed E-state index contributed by atoms with van der Waals surface area (Å²) >= 11 is 0. The number of imidazole rings is 1. The number of nitrogens with two attached hydrogens (primary N) is 1. The number of halogens is 1. The first kappa shape index (κ1) is 23.6. The Hall–Kier alpha value is -3.02. The second-order valence-electron chi connectivity index (χ2n) is 8.35. The molecule has 12 heteroatoms. The van der Waals surface area contributed by atoms with Gasteiger partial charge in [-0.25, -0.2) is 9.37 Å². The number of nitrogen functional groups attached to an aromatic ring is 1. The van der Waals surface area contributed by atoms with Crippen molar-refractivity contribution in [3.63, 3.8) is 0 Å². The molecule has 1 saturated heterocycles. The number of esters is 1. The number of rotatable bonds is 8. The lowest BCUT2D eigenvalue weighted by Crippen LogP contribution is -2.45. The number of hydrogen-bond acceptors (Lipinski definition) is 9. The van der Waals surface area contributed by atoms with Gasteiger partial charge in [0, 0.05) is 19.4 Å². The lowest BCUT2D eigenvalue weighted by atomic mass is 9.73. The number of ether oxygens (including phenoxy) is 2. The molecule has 0 amide bonds. The fourth-order valence-electron chi connectivity index (χ4n) is 4.38. The average Bonchev–Trinajstić information content (AvgIpc) is 3.23. The maximum atomic E-state index is 16.5. The second kappa shape index (κ2) is 8.85. The Morgan fingerprint density at radius 3 is 2.69 bits per heavy atom. The standard InChI is InChI=1S/C20H29FN6O5/c1-6-11(28)31-7-10-13(12(9(2)3)17(29)30)20(4,21)18(32-10)27-8-24-14-15(23-5)25-19(22)26-16(14)27/h8-10,12-13,18H,6-7H2,1-5H3,(H,29,30)(H3,22,23,25,26)/t10?,12?,13-,18+,20+/m0/s1. The van der Waals surface area contributed by atoms with Crippen molar-refractivity contribution >= 4 is 34.9 Å². The number of carboxylic acids is 1. The van der Waals surface area contributed by atoms with E-state index in [4.69, 9.17) is 15.2 Å². The molecule has 2 aromatic heterocycles. The lowest BCUT2D eigenvalue weighted by Gasteiger charge is -2.33.